The van der Waals surface area contributed by atoms with Gasteiger partial charge in [0.2, 0.25) is 0 Å². The minimum atomic E-state index is -1.13. The second-order valence-corrected chi connectivity index (χ2v) is 7.55. The molecule has 9 heteroatoms. The summed E-state index contributed by atoms with van der Waals surface area (Å²) in [5.41, 5.74) is -1.13. The van der Waals surface area contributed by atoms with E-state index >= 15 is 0 Å². The van der Waals surface area contributed by atoms with E-state index in [0.29, 0.717) is 24.3 Å². The number of guanidine groups is 1. The summed E-state index contributed by atoms with van der Waals surface area (Å²) in [6.45, 7) is 6.22. The summed E-state index contributed by atoms with van der Waals surface area (Å²) in [5.74, 6) is 3.65. The van der Waals surface area contributed by atoms with Crippen molar-refractivity contribution in [3.05, 3.63) is 35.3 Å². The minimum absolute atomic E-state index is 0. The molecule has 0 radical (unpaired) electrons. The molecule has 0 amide bonds. The molecule has 0 saturated heterocycles. The fourth-order valence-corrected chi connectivity index (χ4v) is 3.22. The number of aliphatic imine (C=N–C) groups is 1. The molecule has 1 fully saturated rings. The zero-order valence-corrected chi connectivity index (χ0v) is 19.4. The monoisotopic (exact) mass is 502 g/mol. The molecule has 0 bridgehead atoms. The molecule has 0 aromatic carbocycles. The van der Waals surface area contributed by atoms with Crippen molar-refractivity contribution >= 4 is 29.9 Å². The molecule has 1 aliphatic rings. The number of hydrogen-bond donors (Lipinski definition) is 3. The standard InChI is InChI=1S/C19H30N6O2.HI/c1-13-9-10-16(27-13)19(3,26)12-21-18(22-15-7-5-6-8-15)20-11-17-24-23-14(2)25(17)4;/h9-10,15,26H,5-8,11-12H2,1-4H3,(H2,20,21,22);1H. The summed E-state index contributed by atoms with van der Waals surface area (Å²) in [4.78, 5) is 4.66. The van der Waals surface area contributed by atoms with Crippen molar-refractivity contribution in [2.75, 3.05) is 6.54 Å². The molecule has 3 rings (SSSR count). The highest BCUT2D eigenvalue weighted by atomic mass is 127. The molecule has 2 heterocycles. The number of nitrogens with zero attached hydrogens (tertiary/aromatic N) is 4. The van der Waals surface area contributed by atoms with Gasteiger partial charge in [-0.3, -0.25) is 0 Å². The Balaban J connectivity index is 0.00000280. The molecule has 0 spiro atoms. The van der Waals surface area contributed by atoms with Crippen molar-refractivity contribution in [1.82, 2.24) is 25.4 Å². The quantitative estimate of drug-likeness (QED) is 0.319. The lowest BCUT2D eigenvalue weighted by atomic mass is 10.0. The largest absolute Gasteiger partial charge is 0.463 e. The third kappa shape index (κ3) is 5.69. The Hall–Kier alpha value is -1.62. The van der Waals surface area contributed by atoms with Gasteiger partial charge in [0.15, 0.2) is 11.8 Å². The summed E-state index contributed by atoms with van der Waals surface area (Å²) in [7, 11) is 1.93. The van der Waals surface area contributed by atoms with Gasteiger partial charge in [0.1, 0.15) is 29.5 Å². The first kappa shape index (κ1) is 22.7. The van der Waals surface area contributed by atoms with Crippen LogP contribution in [0.1, 0.15) is 55.8 Å². The lowest BCUT2D eigenvalue weighted by Crippen LogP contribution is -2.47. The molecule has 3 N–H and O–H groups in total. The Bertz CT molecular complexity index is 792. The molecular weight excluding hydrogens is 471 g/mol. The lowest BCUT2D eigenvalue weighted by Gasteiger charge is -2.24. The molecule has 2 aromatic heterocycles. The van der Waals surface area contributed by atoms with E-state index in [-0.39, 0.29) is 30.5 Å². The Morgan fingerprint density at radius 2 is 2.04 bits per heavy atom. The van der Waals surface area contributed by atoms with E-state index in [2.05, 4.69) is 25.8 Å². The van der Waals surface area contributed by atoms with Crippen molar-refractivity contribution in [3.8, 4) is 0 Å². The molecule has 156 valence electrons. The van der Waals surface area contributed by atoms with Crippen LogP contribution >= 0.6 is 24.0 Å². The van der Waals surface area contributed by atoms with E-state index < -0.39 is 5.60 Å². The van der Waals surface area contributed by atoms with Crippen molar-refractivity contribution in [2.45, 2.75) is 64.6 Å². The predicted octanol–water partition coefficient (Wildman–Crippen LogP) is 2.53. The van der Waals surface area contributed by atoms with Gasteiger partial charge in [-0.1, -0.05) is 12.8 Å². The van der Waals surface area contributed by atoms with Crippen LogP contribution < -0.4 is 10.6 Å². The Labute approximate surface area is 183 Å². The summed E-state index contributed by atoms with van der Waals surface area (Å²) in [5, 5.41) is 25.8. The van der Waals surface area contributed by atoms with Crippen molar-refractivity contribution in [2.24, 2.45) is 12.0 Å². The normalized spacial score (nSPS) is 17.2. The summed E-state index contributed by atoms with van der Waals surface area (Å²) in [6, 6.07) is 4.07. The Morgan fingerprint density at radius 3 is 2.61 bits per heavy atom. The van der Waals surface area contributed by atoms with Crippen LogP contribution in [-0.2, 0) is 19.2 Å². The fourth-order valence-electron chi connectivity index (χ4n) is 3.22. The maximum atomic E-state index is 10.8. The number of halogens is 1. The first-order valence-corrected chi connectivity index (χ1v) is 9.54. The number of aromatic nitrogens is 3. The number of aryl methyl sites for hydroxylation is 2. The lowest BCUT2D eigenvalue weighted by molar-refractivity contribution is 0.0377. The molecule has 2 aromatic rings. The van der Waals surface area contributed by atoms with Crippen LogP contribution in [0, 0.1) is 13.8 Å². The highest BCUT2D eigenvalue weighted by Crippen LogP contribution is 2.22. The van der Waals surface area contributed by atoms with E-state index in [1.165, 1.54) is 12.8 Å². The summed E-state index contributed by atoms with van der Waals surface area (Å²) < 4.78 is 7.52. The van der Waals surface area contributed by atoms with E-state index in [1.807, 2.05) is 31.5 Å². The highest BCUT2D eigenvalue weighted by Gasteiger charge is 2.27. The molecule has 0 aliphatic heterocycles. The average molecular weight is 502 g/mol. The maximum Gasteiger partial charge on any atom is 0.192 e. The topological polar surface area (TPSA) is 101 Å². The van der Waals surface area contributed by atoms with Gasteiger partial charge >= 0.3 is 0 Å². The van der Waals surface area contributed by atoms with E-state index in [4.69, 9.17) is 4.42 Å². The molecule has 8 nitrogen and oxygen atoms in total. The first-order valence-electron chi connectivity index (χ1n) is 9.54. The third-order valence-corrected chi connectivity index (χ3v) is 5.13. The number of aliphatic hydroxyl groups is 1. The second-order valence-electron chi connectivity index (χ2n) is 7.55. The molecule has 1 atom stereocenters. The molecular formula is C19H31IN6O2. The van der Waals surface area contributed by atoms with E-state index in [9.17, 15) is 5.11 Å². The van der Waals surface area contributed by atoms with Crippen molar-refractivity contribution in [1.29, 1.82) is 0 Å². The van der Waals surface area contributed by atoms with E-state index in [0.717, 1.165) is 30.3 Å². The van der Waals surface area contributed by atoms with Crippen molar-refractivity contribution in [3.63, 3.8) is 0 Å². The van der Waals surface area contributed by atoms with Gasteiger partial charge in [0.05, 0.1) is 6.54 Å². The maximum absolute atomic E-state index is 10.8. The Kier molecular flexibility index (Phi) is 7.87. The van der Waals surface area contributed by atoms with Crippen LogP contribution in [0.5, 0.6) is 0 Å². The van der Waals surface area contributed by atoms with Gasteiger partial charge in [0, 0.05) is 13.1 Å². The smallest absolute Gasteiger partial charge is 0.192 e. The number of furan rings is 1. The predicted molar refractivity (Wildman–Crippen MR) is 119 cm³/mol. The van der Waals surface area contributed by atoms with Crippen LogP contribution in [0.3, 0.4) is 0 Å². The van der Waals surface area contributed by atoms with Gasteiger partial charge in [0.25, 0.3) is 0 Å². The zero-order chi connectivity index (χ0) is 19.4. The van der Waals surface area contributed by atoms with Gasteiger partial charge in [-0.25, -0.2) is 4.99 Å². The second kappa shape index (κ2) is 9.73. The third-order valence-electron chi connectivity index (χ3n) is 5.13. The number of nitrogens with one attached hydrogen (secondary N) is 2. The molecule has 1 unspecified atom stereocenters. The van der Waals surface area contributed by atoms with Crippen molar-refractivity contribution < 1.29 is 9.52 Å². The number of hydrogen-bond acceptors (Lipinski definition) is 5. The molecule has 1 aliphatic carbocycles. The van der Waals surface area contributed by atoms with Gasteiger partial charge < -0.3 is 24.7 Å². The van der Waals surface area contributed by atoms with Crippen LogP contribution in [0.25, 0.3) is 0 Å². The first-order chi connectivity index (χ1) is 12.8. The van der Waals surface area contributed by atoms with Gasteiger partial charge in [-0.15, -0.1) is 34.2 Å². The van der Waals surface area contributed by atoms with Crippen LogP contribution in [0.2, 0.25) is 0 Å². The fraction of sp³-hybridized carbons (Fsp3) is 0.632. The average Bonchev–Trinajstić information content (AvgIpc) is 3.35. The number of rotatable bonds is 6. The van der Waals surface area contributed by atoms with Crippen LogP contribution in [-0.4, -0.2) is 38.4 Å². The summed E-state index contributed by atoms with van der Waals surface area (Å²) >= 11 is 0. The van der Waals surface area contributed by atoms with Crippen LogP contribution in [0.4, 0.5) is 0 Å². The van der Waals surface area contributed by atoms with Gasteiger partial charge in [-0.2, -0.15) is 0 Å². The zero-order valence-electron chi connectivity index (χ0n) is 17.0. The van der Waals surface area contributed by atoms with Gasteiger partial charge in [-0.05, 0) is 45.7 Å². The SMILES string of the molecule is Cc1ccc(C(C)(O)CNC(=NCc2nnc(C)n2C)NC2CCCC2)o1.I. The minimum Gasteiger partial charge on any atom is -0.463 e. The highest BCUT2D eigenvalue weighted by molar-refractivity contribution is 14.0. The Morgan fingerprint density at radius 1 is 1.32 bits per heavy atom. The molecule has 1 saturated carbocycles. The van der Waals surface area contributed by atoms with Crippen LogP contribution in [0.15, 0.2) is 21.5 Å². The van der Waals surface area contributed by atoms with E-state index in [1.54, 1.807) is 13.0 Å². The summed E-state index contributed by atoms with van der Waals surface area (Å²) in [6.07, 6.45) is 4.74. The molecule has 28 heavy (non-hydrogen) atoms.